The summed E-state index contributed by atoms with van der Waals surface area (Å²) in [7, 11) is -3.33. The zero-order valence-corrected chi connectivity index (χ0v) is 11.5. The fourth-order valence-electron chi connectivity index (χ4n) is 1.77. The molecule has 1 heterocycles. The second kappa shape index (κ2) is 5.06. The molecular formula is C11H18N2O2S2. The van der Waals surface area contributed by atoms with Crippen molar-refractivity contribution in [1.82, 2.24) is 4.72 Å². The van der Waals surface area contributed by atoms with Gasteiger partial charge >= 0.3 is 0 Å². The van der Waals surface area contributed by atoms with Crippen LogP contribution in [-0.2, 0) is 16.4 Å². The Morgan fingerprint density at radius 1 is 1.53 bits per heavy atom. The third-order valence-corrected chi connectivity index (χ3v) is 6.16. The minimum absolute atomic E-state index is 0.0417. The SMILES string of the molecule is CC(NS(=O)(=O)c1ccc(CCN)s1)C1CC1. The highest BCUT2D eigenvalue weighted by atomic mass is 32.2. The topological polar surface area (TPSA) is 72.2 Å². The van der Waals surface area contributed by atoms with Crippen molar-refractivity contribution >= 4 is 21.4 Å². The van der Waals surface area contributed by atoms with E-state index >= 15 is 0 Å². The average Bonchev–Trinajstić information content (AvgIpc) is 2.99. The van der Waals surface area contributed by atoms with Crippen LogP contribution in [0.2, 0.25) is 0 Å². The molecule has 1 aromatic heterocycles. The van der Waals surface area contributed by atoms with Gasteiger partial charge in [0.2, 0.25) is 10.0 Å². The molecular weight excluding hydrogens is 256 g/mol. The first kappa shape index (κ1) is 13.0. The first-order valence-electron chi connectivity index (χ1n) is 5.84. The van der Waals surface area contributed by atoms with Crippen molar-refractivity contribution in [3.8, 4) is 0 Å². The summed E-state index contributed by atoms with van der Waals surface area (Å²) < 4.78 is 27.3. The van der Waals surface area contributed by atoms with Crippen LogP contribution in [-0.4, -0.2) is 21.0 Å². The fraction of sp³-hybridized carbons (Fsp3) is 0.636. The number of sulfonamides is 1. The Labute approximate surface area is 106 Å². The van der Waals surface area contributed by atoms with Crippen molar-refractivity contribution in [1.29, 1.82) is 0 Å². The summed E-state index contributed by atoms with van der Waals surface area (Å²) in [6, 6.07) is 3.55. The molecule has 0 saturated heterocycles. The molecule has 0 spiro atoms. The minimum Gasteiger partial charge on any atom is -0.330 e. The summed E-state index contributed by atoms with van der Waals surface area (Å²) in [5.74, 6) is 0.522. The molecule has 1 atom stereocenters. The van der Waals surface area contributed by atoms with Crippen LogP contribution in [0.4, 0.5) is 0 Å². The minimum atomic E-state index is -3.33. The summed E-state index contributed by atoms with van der Waals surface area (Å²) >= 11 is 1.31. The van der Waals surface area contributed by atoms with Crippen LogP contribution < -0.4 is 10.5 Å². The molecule has 2 rings (SSSR count). The van der Waals surface area contributed by atoms with Gasteiger partial charge in [0.15, 0.2) is 0 Å². The lowest BCUT2D eigenvalue weighted by molar-refractivity contribution is 0.539. The fourth-order valence-corrected chi connectivity index (χ4v) is 4.47. The molecule has 3 N–H and O–H groups in total. The lowest BCUT2D eigenvalue weighted by atomic mass is 10.2. The standard InChI is InChI=1S/C11H18N2O2S2/c1-8(9-2-3-9)13-17(14,15)11-5-4-10(16-11)6-7-12/h4-5,8-9,13H,2-3,6-7,12H2,1H3. The Morgan fingerprint density at radius 3 is 2.82 bits per heavy atom. The molecule has 1 saturated carbocycles. The normalized spacial score (nSPS) is 18.2. The quantitative estimate of drug-likeness (QED) is 0.822. The van der Waals surface area contributed by atoms with E-state index in [1.807, 2.05) is 13.0 Å². The van der Waals surface area contributed by atoms with Crippen molar-refractivity contribution in [3.63, 3.8) is 0 Å². The highest BCUT2D eigenvalue weighted by Crippen LogP contribution is 2.33. The monoisotopic (exact) mass is 274 g/mol. The zero-order valence-electron chi connectivity index (χ0n) is 9.85. The van der Waals surface area contributed by atoms with Gasteiger partial charge in [-0.3, -0.25) is 0 Å². The van der Waals surface area contributed by atoms with Gasteiger partial charge in [0.25, 0.3) is 0 Å². The van der Waals surface area contributed by atoms with Crippen LogP contribution in [0.3, 0.4) is 0 Å². The Balaban J connectivity index is 2.07. The predicted molar refractivity (Wildman–Crippen MR) is 69.6 cm³/mol. The molecule has 0 aliphatic heterocycles. The van der Waals surface area contributed by atoms with E-state index in [2.05, 4.69) is 4.72 Å². The Morgan fingerprint density at radius 2 is 2.24 bits per heavy atom. The van der Waals surface area contributed by atoms with Crippen LogP contribution in [0, 0.1) is 5.92 Å². The summed E-state index contributed by atoms with van der Waals surface area (Å²) in [4.78, 5) is 1.02. The van der Waals surface area contributed by atoms with Crippen molar-refractivity contribution in [2.75, 3.05) is 6.54 Å². The lowest BCUT2D eigenvalue weighted by Crippen LogP contribution is -2.33. The highest BCUT2D eigenvalue weighted by molar-refractivity contribution is 7.91. The lowest BCUT2D eigenvalue weighted by Gasteiger charge is -2.11. The highest BCUT2D eigenvalue weighted by Gasteiger charge is 2.31. The third kappa shape index (κ3) is 3.28. The van der Waals surface area contributed by atoms with Gasteiger partial charge in [-0.05, 0) is 50.8 Å². The van der Waals surface area contributed by atoms with Gasteiger partial charge in [-0.2, -0.15) is 0 Å². The van der Waals surface area contributed by atoms with Crippen molar-refractivity contribution in [2.45, 2.75) is 36.4 Å². The van der Waals surface area contributed by atoms with Gasteiger partial charge in [0.1, 0.15) is 4.21 Å². The maximum absolute atomic E-state index is 12.1. The number of thiophene rings is 1. The molecule has 0 aromatic carbocycles. The summed E-state index contributed by atoms with van der Waals surface area (Å²) in [6.45, 7) is 2.48. The zero-order chi connectivity index (χ0) is 12.5. The number of hydrogen-bond donors (Lipinski definition) is 2. The van der Waals surface area contributed by atoms with Gasteiger partial charge < -0.3 is 5.73 Å². The third-order valence-electron chi connectivity index (χ3n) is 2.96. The summed E-state index contributed by atoms with van der Waals surface area (Å²) in [5, 5.41) is 0. The van der Waals surface area contributed by atoms with Crippen LogP contribution in [0.25, 0.3) is 0 Å². The van der Waals surface area contributed by atoms with E-state index < -0.39 is 10.0 Å². The average molecular weight is 274 g/mol. The van der Waals surface area contributed by atoms with Crippen molar-refractivity contribution < 1.29 is 8.42 Å². The molecule has 6 heteroatoms. The van der Waals surface area contributed by atoms with Crippen LogP contribution in [0.15, 0.2) is 16.3 Å². The van der Waals surface area contributed by atoms with E-state index in [-0.39, 0.29) is 6.04 Å². The molecule has 1 fully saturated rings. The van der Waals surface area contributed by atoms with Gasteiger partial charge in [-0.25, -0.2) is 13.1 Å². The van der Waals surface area contributed by atoms with Crippen molar-refractivity contribution in [3.05, 3.63) is 17.0 Å². The van der Waals surface area contributed by atoms with Crippen LogP contribution in [0.1, 0.15) is 24.6 Å². The number of rotatable bonds is 6. The van der Waals surface area contributed by atoms with Crippen LogP contribution in [0.5, 0.6) is 0 Å². The van der Waals surface area contributed by atoms with Gasteiger partial charge in [-0.15, -0.1) is 11.3 Å². The summed E-state index contributed by atoms with van der Waals surface area (Å²) in [6.07, 6.45) is 3.00. The Bertz CT molecular complexity index is 477. The van der Waals surface area contributed by atoms with Gasteiger partial charge in [-0.1, -0.05) is 0 Å². The molecule has 96 valence electrons. The number of nitrogens with two attached hydrogens (primary N) is 1. The Hall–Kier alpha value is -0.430. The molecule has 17 heavy (non-hydrogen) atoms. The maximum Gasteiger partial charge on any atom is 0.250 e. The van der Waals surface area contributed by atoms with E-state index in [9.17, 15) is 8.42 Å². The molecule has 1 unspecified atom stereocenters. The van der Waals surface area contributed by atoms with E-state index in [0.29, 0.717) is 16.7 Å². The number of hydrogen-bond acceptors (Lipinski definition) is 4. The largest absolute Gasteiger partial charge is 0.330 e. The van der Waals surface area contributed by atoms with Gasteiger partial charge in [0, 0.05) is 10.9 Å². The van der Waals surface area contributed by atoms with Gasteiger partial charge in [0.05, 0.1) is 0 Å². The molecule has 4 nitrogen and oxygen atoms in total. The van der Waals surface area contributed by atoms with E-state index in [1.54, 1.807) is 6.07 Å². The van der Waals surface area contributed by atoms with Crippen molar-refractivity contribution in [2.24, 2.45) is 11.7 Å². The van der Waals surface area contributed by atoms with E-state index in [0.717, 1.165) is 24.1 Å². The molecule has 0 radical (unpaired) electrons. The molecule has 1 aromatic rings. The maximum atomic E-state index is 12.1. The predicted octanol–water partition coefficient (Wildman–Crippen LogP) is 1.33. The smallest absolute Gasteiger partial charge is 0.250 e. The first-order chi connectivity index (χ1) is 8.03. The van der Waals surface area contributed by atoms with E-state index in [4.69, 9.17) is 5.73 Å². The Kier molecular flexibility index (Phi) is 3.87. The molecule has 0 bridgehead atoms. The molecule has 1 aliphatic rings. The van der Waals surface area contributed by atoms with Crippen LogP contribution >= 0.6 is 11.3 Å². The number of nitrogens with one attached hydrogen (secondary N) is 1. The molecule has 1 aliphatic carbocycles. The first-order valence-corrected chi connectivity index (χ1v) is 8.14. The second-order valence-corrected chi connectivity index (χ2v) is 7.62. The second-order valence-electron chi connectivity index (χ2n) is 4.51. The van der Waals surface area contributed by atoms with E-state index in [1.165, 1.54) is 11.3 Å². The molecule has 0 amide bonds. The summed E-state index contributed by atoms with van der Waals surface area (Å²) in [5.41, 5.74) is 5.45.